The molecule has 4 rings (SSSR count). The lowest BCUT2D eigenvalue weighted by atomic mass is 9.89. The van der Waals surface area contributed by atoms with E-state index in [-0.39, 0.29) is 18.7 Å². The zero-order chi connectivity index (χ0) is 18.3. The molecule has 0 aliphatic carbocycles. The van der Waals surface area contributed by atoms with E-state index in [2.05, 4.69) is 5.32 Å². The van der Waals surface area contributed by atoms with Gasteiger partial charge in [0.1, 0.15) is 28.7 Å². The van der Waals surface area contributed by atoms with Crippen LogP contribution >= 0.6 is 0 Å². The van der Waals surface area contributed by atoms with E-state index in [4.69, 9.17) is 4.74 Å². The normalized spacial score (nSPS) is 21.5. The Balaban J connectivity index is 1.50. The first kappa shape index (κ1) is 16.5. The lowest BCUT2D eigenvalue weighted by Gasteiger charge is -2.34. The average molecular weight is 358 g/mol. The highest BCUT2D eigenvalue weighted by atomic mass is 19.1. The Labute approximate surface area is 148 Å². The minimum absolute atomic E-state index is 0.0331. The maximum Gasteiger partial charge on any atom is 0.322 e. The Morgan fingerprint density at radius 2 is 1.85 bits per heavy atom. The van der Waals surface area contributed by atoms with Crippen LogP contribution in [-0.2, 0) is 0 Å². The van der Waals surface area contributed by atoms with E-state index in [1.54, 1.807) is 24.3 Å². The molecule has 2 aliphatic rings. The van der Waals surface area contributed by atoms with Crippen LogP contribution in [0.2, 0.25) is 0 Å². The molecule has 0 aromatic heterocycles. The summed E-state index contributed by atoms with van der Waals surface area (Å²) in [5.74, 6) is -1.21. The number of ether oxygens (including phenoxy) is 1. The van der Waals surface area contributed by atoms with E-state index in [9.17, 15) is 18.4 Å². The number of nitrogens with zero attached hydrogens (tertiary/aromatic N) is 1. The van der Waals surface area contributed by atoms with Crippen LogP contribution in [0.1, 0.15) is 23.2 Å². The maximum atomic E-state index is 13.7. The summed E-state index contributed by atoms with van der Waals surface area (Å²) in [4.78, 5) is 26.2. The van der Waals surface area contributed by atoms with E-state index in [1.807, 2.05) is 0 Å². The molecule has 2 aromatic carbocycles. The van der Waals surface area contributed by atoms with Gasteiger partial charge in [-0.15, -0.1) is 0 Å². The van der Waals surface area contributed by atoms with Gasteiger partial charge in [-0.05, 0) is 24.3 Å². The van der Waals surface area contributed by atoms with Gasteiger partial charge in [-0.25, -0.2) is 13.6 Å². The molecule has 5 nitrogen and oxygen atoms in total. The third-order valence-corrected chi connectivity index (χ3v) is 4.79. The molecule has 1 N–H and O–H groups in total. The second kappa shape index (κ2) is 6.09. The summed E-state index contributed by atoms with van der Waals surface area (Å²) in [5, 5.41) is 2.27. The number of hydrogen-bond acceptors (Lipinski definition) is 3. The van der Waals surface area contributed by atoms with Gasteiger partial charge < -0.3 is 15.0 Å². The van der Waals surface area contributed by atoms with E-state index in [0.717, 1.165) is 12.1 Å². The van der Waals surface area contributed by atoms with Crippen molar-refractivity contribution in [2.75, 3.05) is 18.4 Å². The summed E-state index contributed by atoms with van der Waals surface area (Å²) in [5.41, 5.74) is -0.741. The minimum atomic E-state index is -0.842. The lowest BCUT2D eigenvalue weighted by Crippen LogP contribution is -2.46. The number of Topliss-reactive ketones (excluding diaryl/α,β-unsaturated/α-hetero) is 1. The van der Waals surface area contributed by atoms with Gasteiger partial charge in [-0.1, -0.05) is 18.2 Å². The topological polar surface area (TPSA) is 58.6 Å². The highest BCUT2D eigenvalue weighted by Crippen LogP contribution is 2.38. The van der Waals surface area contributed by atoms with E-state index in [1.165, 1.54) is 11.0 Å². The molecule has 0 radical (unpaired) electrons. The monoisotopic (exact) mass is 358 g/mol. The molecule has 7 heteroatoms. The lowest BCUT2D eigenvalue weighted by molar-refractivity contribution is 0.0482. The third kappa shape index (κ3) is 2.79. The van der Waals surface area contributed by atoms with Gasteiger partial charge >= 0.3 is 6.03 Å². The molecule has 2 amide bonds. The number of anilines is 1. The van der Waals surface area contributed by atoms with Crippen LogP contribution in [0.3, 0.4) is 0 Å². The molecule has 2 aromatic rings. The number of carbonyl (C=O) groups is 2. The van der Waals surface area contributed by atoms with Crippen LogP contribution in [0.15, 0.2) is 42.5 Å². The number of rotatable bonds is 1. The molecule has 0 bridgehead atoms. The predicted octanol–water partition coefficient (Wildman–Crippen LogP) is 3.61. The second-order valence-corrected chi connectivity index (χ2v) is 6.58. The van der Waals surface area contributed by atoms with Crippen LogP contribution in [-0.4, -0.2) is 35.4 Å². The van der Waals surface area contributed by atoms with Crippen LogP contribution in [0.4, 0.5) is 19.3 Å². The molecule has 134 valence electrons. The van der Waals surface area contributed by atoms with Gasteiger partial charge in [-0.2, -0.15) is 0 Å². The summed E-state index contributed by atoms with van der Waals surface area (Å²) in [6.07, 6.45) is 0.641. The molecule has 2 aliphatic heterocycles. The summed E-state index contributed by atoms with van der Waals surface area (Å²) in [7, 11) is 0. The zero-order valence-electron chi connectivity index (χ0n) is 13.8. The van der Waals surface area contributed by atoms with Gasteiger partial charge in [-0.3, -0.25) is 4.79 Å². The number of amides is 2. The molecular weight excluding hydrogens is 342 g/mol. The van der Waals surface area contributed by atoms with Crippen molar-refractivity contribution in [3.05, 3.63) is 59.7 Å². The fraction of sp³-hybridized carbons (Fsp3) is 0.263. The number of halogens is 2. The Morgan fingerprint density at radius 1 is 1.12 bits per heavy atom. The van der Waals surface area contributed by atoms with Crippen molar-refractivity contribution in [2.24, 2.45) is 0 Å². The first-order valence-electron chi connectivity index (χ1n) is 8.29. The van der Waals surface area contributed by atoms with Crippen molar-refractivity contribution >= 4 is 17.5 Å². The first-order valence-corrected chi connectivity index (χ1v) is 8.29. The molecule has 1 unspecified atom stereocenters. The SMILES string of the molecule is O=C1CC2(CCN(C(=O)Nc3c(F)cccc3F)C2)Oc2ccccc21. The van der Waals surface area contributed by atoms with E-state index in [0.29, 0.717) is 24.3 Å². The number of fused-ring (bicyclic) bond motifs is 1. The van der Waals surface area contributed by atoms with Crippen molar-refractivity contribution in [1.29, 1.82) is 0 Å². The Morgan fingerprint density at radius 3 is 2.62 bits per heavy atom. The van der Waals surface area contributed by atoms with Crippen molar-refractivity contribution in [1.82, 2.24) is 4.90 Å². The average Bonchev–Trinajstić information content (AvgIpc) is 3.01. The van der Waals surface area contributed by atoms with Crippen molar-refractivity contribution in [2.45, 2.75) is 18.4 Å². The number of ketones is 1. The Hall–Kier alpha value is -2.96. The number of hydrogen-bond donors (Lipinski definition) is 1. The molecule has 2 heterocycles. The number of nitrogens with one attached hydrogen (secondary N) is 1. The van der Waals surface area contributed by atoms with Crippen molar-refractivity contribution in [3.63, 3.8) is 0 Å². The fourth-order valence-corrected chi connectivity index (χ4v) is 3.49. The maximum absolute atomic E-state index is 13.7. The number of benzene rings is 2. The van der Waals surface area contributed by atoms with Crippen molar-refractivity contribution < 1.29 is 23.1 Å². The highest BCUT2D eigenvalue weighted by Gasteiger charge is 2.47. The molecule has 1 fully saturated rings. The van der Waals surface area contributed by atoms with Crippen LogP contribution in [0, 0.1) is 11.6 Å². The first-order chi connectivity index (χ1) is 12.5. The number of carbonyl (C=O) groups excluding carboxylic acids is 2. The van der Waals surface area contributed by atoms with E-state index < -0.39 is 29.0 Å². The Bertz CT molecular complexity index is 882. The van der Waals surface area contributed by atoms with E-state index >= 15 is 0 Å². The van der Waals surface area contributed by atoms with Crippen LogP contribution in [0.25, 0.3) is 0 Å². The molecule has 1 atom stereocenters. The molecular formula is C19H16F2N2O3. The number of para-hydroxylation sites is 2. The standard InChI is InChI=1S/C19H16F2N2O3/c20-13-5-3-6-14(21)17(13)22-18(25)23-9-8-19(11-23)10-15(24)12-4-1-2-7-16(12)26-19/h1-7H,8-11H2,(H,22,25). The summed E-state index contributed by atoms with van der Waals surface area (Å²) >= 11 is 0. The van der Waals surface area contributed by atoms with Gasteiger partial charge in [0.05, 0.1) is 18.5 Å². The predicted molar refractivity (Wildman–Crippen MR) is 90.3 cm³/mol. The quantitative estimate of drug-likeness (QED) is 0.847. The Kier molecular flexibility index (Phi) is 3.86. The van der Waals surface area contributed by atoms with Crippen molar-refractivity contribution in [3.8, 4) is 5.75 Å². The summed E-state index contributed by atoms with van der Waals surface area (Å²) < 4.78 is 33.5. The zero-order valence-corrected chi connectivity index (χ0v) is 13.8. The number of likely N-dealkylation sites (tertiary alicyclic amines) is 1. The molecule has 1 spiro atoms. The highest BCUT2D eigenvalue weighted by molar-refractivity contribution is 6.00. The van der Waals surface area contributed by atoms with Gasteiger partial charge in [0, 0.05) is 13.0 Å². The van der Waals surface area contributed by atoms with Gasteiger partial charge in [0.2, 0.25) is 0 Å². The molecule has 0 saturated carbocycles. The molecule has 26 heavy (non-hydrogen) atoms. The third-order valence-electron chi connectivity index (χ3n) is 4.79. The summed E-state index contributed by atoms with van der Waals surface area (Å²) in [6, 6.07) is 9.75. The second-order valence-electron chi connectivity index (χ2n) is 6.58. The minimum Gasteiger partial charge on any atom is -0.484 e. The largest absolute Gasteiger partial charge is 0.484 e. The number of urea groups is 1. The van der Waals surface area contributed by atoms with Crippen LogP contribution in [0.5, 0.6) is 5.75 Å². The van der Waals surface area contributed by atoms with Crippen LogP contribution < -0.4 is 10.1 Å². The fourth-order valence-electron chi connectivity index (χ4n) is 3.49. The van der Waals surface area contributed by atoms with Gasteiger partial charge in [0.15, 0.2) is 5.78 Å². The molecule has 1 saturated heterocycles. The smallest absolute Gasteiger partial charge is 0.322 e. The van der Waals surface area contributed by atoms with Gasteiger partial charge in [0.25, 0.3) is 0 Å². The summed E-state index contributed by atoms with van der Waals surface area (Å²) in [6.45, 7) is 0.506.